The zero-order valence-electron chi connectivity index (χ0n) is 5.22. The molecule has 2 nitrogen and oxygen atoms in total. The summed E-state index contributed by atoms with van der Waals surface area (Å²) in [5, 5.41) is 3.02. The van der Waals surface area contributed by atoms with Crippen LogP contribution in [0.1, 0.15) is 18.7 Å². The molecule has 11 heavy (non-hydrogen) atoms. The number of hydrogen-bond donors (Lipinski definition) is 0. The molecule has 0 spiro atoms. The molecule has 6 heteroatoms. The zero-order valence-corrected chi connectivity index (χ0v) is 5.22. The summed E-state index contributed by atoms with van der Waals surface area (Å²) in [6.45, 7) is -3.01. The van der Waals surface area contributed by atoms with E-state index in [0.29, 0.717) is 0 Å². The standard InChI is InChI=1S/C5H4F4N2/c6-4(7)3-1-2-10-11(3)5(8)9/h1-2,4-5H. The first kappa shape index (κ1) is 8.03. The maximum atomic E-state index is 11.8. The fraction of sp³-hybridized carbons (Fsp3) is 0.400. The third-order valence-corrected chi connectivity index (χ3v) is 1.11. The van der Waals surface area contributed by atoms with E-state index < -0.39 is 18.7 Å². The molecule has 0 saturated heterocycles. The lowest BCUT2D eigenvalue weighted by atomic mass is 10.4. The molecule has 0 unspecified atom stereocenters. The van der Waals surface area contributed by atoms with Crippen molar-refractivity contribution in [2.24, 2.45) is 0 Å². The highest BCUT2D eigenvalue weighted by molar-refractivity contribution is 5.01. The normalized spacial score (nSPS) is 11.5. The van der Waals surface area contributed by atoms with Gasteiger partial charge in [-0.05, 0) is 6.07 Å². The van der Waals surface area contributed by atoms with Crippen molar-refractivity contribution in [2.45, 2.75) is 13.0 Å². The second-order valence-electron chi connectivity index (χ2n) is 1.78. The van der Waals surface area contributed by atoms with Crippen LogP contribution in [0, 0.1) is 0 Å². The Labute approximate surface area is 59.4 Å². The average molecular weight is 168 g/mol. The van der Waals surface area contributed by atoms with Crippen LogP contribution in [-0.2, 0) is 0 Å². The Bertz CT molecular complexity index is 210. The van der Waals surface area contributed by atoms with Crippen molar-refractivity contribution in [3.05, 3.63) is 18.0 Å². The van der Waals surface area contributed by atoms with Gasteiger partial charge < -0.3 is 0 Å². The van der Waals surface area contributed by atoms with Gasteiger partial charge in [0.25, 0.3) is 6.43 Å². The van der Waals surface area contributed by atoms with E-state index in [9.17, 15) is 17.6 Å². The molecule has 0 amide bonds. The minimum absolute atomic E-state index is 0.00926. The van der Waals surface area contributed by atoms with Gasteiger partial charge in [-0.1, -0.05) is 0 Å². The van der Waals surface area contributed by atoms with E-state index in [1.807, 2.05) is 0 Å². The van der Waals surface area contributed by atoms with Gasteiger partial charge in [0.1, 0.15) is 5.69 Å². The minimum atomic E-state index is -3.01. The van der Waals surface area contributed by atoms with E-state index in [0.717, 1.165) is 12.3 Å². The molecule has 62 valence electrons. The van der Waals surface area contributed by atoms with Gasteiger partial charge in [0.05, 0.1) is 0 Å². The Morgan fingerprint density at radius 3 is 2.27 bits per heavy atom. The maximum Gasteiger partial charge on any atom is 0.333 e. The van der Waals surface area contributed by atoms with E-state index in [2.05, 4.69) is 5.10 Å². The number of nitrogens with zero attached hydrogens (tertiary/aromatic N) is 2. The maximum absolute atomic E-state index is 11.8. The van der Waals surface area contributed by atoms with Crippen LogP contribution >= 0.6 is 0 Å². The van der Waals surface area contributed by atoms with Crippen molar-refractivity contribution >= 4 is 0 Å². The largest absolute Gasteiger partial charge is 0.333 e. The number of rotatable bonds is 2. The van der Waals surface area contributed by atoms with Crippen molar-refractivity contribution in [2.75, 3.05) is 0 Å². The lowest BCUT2D eigenvalue weighted by molar-refractivity contribution is 0.0371. The smallest absolute Gasteiger partial charge is 0.203 e. The average Bonchev–Trinajstić information content (AvgIpc) is 2.32. The first-order chi connectivity index (χ1) is 5.13. The summed E-state index contributed by atoms with van der Waals surface area (Å²) in [4.78, 5) is 0. The molecule has 0 fully saturated rings. The van der Waals surface area contributed by atoms with Crippen molar-refractivity contribution in [1.82, 2.24) is 9.78 Å². The summed E-state index contributed by atoms with van der Waals surface area (Å²) >= 11 is 0. The molecule has 0 aromatic carbocycles. The fourth-order valence-electron chi connectivity index (χ4n) is 0.660. The Hall–Kier alpha value is -1.07. The van der Waals surface area contributed by atoms with E-state index in [4.69, 9.17) is 0 Å². The molecule has 0 bridgehead atoms. The fourth-order valence-corrected chi connectivity index (χ4v) is 0.660. The highest BCUT2D eigenvalue weighted by Crippen LogP contribution is 2.21. The molecule has 0 radical (unpaired) electrons. The van der Waals surface area contributed by atoms with E-state index in [1.54, 1.807) is 0 Å². The predicted molar refractivity (Wildman–Crippen MR) is 28.4 cm³/mol. The quantitative estimate of drug-likeness (QED) is 0.619. The first-order valence-corrected chi connectivity index (χ1v) is 2.72. The minimum Gasteiger partial charge on any atom is -0.203 e. The topological polar surface area (TPSA) is 17.8 Å². The van der Waals surface area contributed by atoms with Gasteiger partial charge in [0.2, 0.25) is 0 Å². The van der Waals surface area contributed by atoms with Gasteiger partial charge in [0, 0.05) is 6.20 Å². The third kappa shape index (κ3) is 1.50. The monoisotopic (exact) mass is 168 g/mol. The second-order valence-corrected chi connectivity index (χ2v) is 1.78. The van der Waals surface area contributed by atoms with Gasteiger partial charge in [0.15, 0.2) is 0 Å². The van der Waals surface area contributed by atoms with Crippen LogP contribution in [0.2, 0.25) is 0 Å². The van der Waals surface area contributed by atoms with Crippen molar-refractivity contribution in [3.8, 4) is 0 Å². The molecule has 0 aliphatic rings. The summed E-state index contributed by atoms with van der Waals surface area (Å²) < 4.78 is 47.2. The molecule has 1 heterocycles. The Kier molecular flexibility index (Phi) is 2.11. The molecule has 1 aromatic rings. The summed E-state index contributed by atoms with van der Waals surface area (Å²) in [6, 6.07) is 0.858. The Balaban J connectivity index is 2.96. The SMILES string of the molecule is FC(F)c1ccnn1C(F)F. The third-order valence-electron chi connectivity index (χ3n) is 1.11. The highest BCUT2D eigenvalue weighted by Gasteiger charge is 2.18. The lowest BCUT2D eigenvalue weighted by Gasteiger charge is -2.03. The van der Waals surface area contributed by atoms with Crippen LogP contribution in [-0.4, -0.2) is 9.78 Å². The van der Waals surface area contributed by atoms with Crippen LogP contribution < -0.4 is 0 Å². The molecular formula is C5H4F4N2. The van der Waals surface area contributed by atoms with Gasteiger partial charge in [-0.3, -0.25) is 0 Å². The Morgan fingerprint density at radius 2 is 1.91 bits per heavy atom. The van der Waals surface area contributed by atoms with Crippen LogP contribution in [0.25, 0.3) is 0 Å². The second kappa shape index (κ2) is 2.89. The Morgan fingerprint density at radius 1 is 1.27 bits per heavy atom. The summed E-state index contributed by atoms with van der Waals surface area (Å²) in [6.07, 6.45) is -2.00. The summed E-state index contributed by atoms with van der Waals surface area (Å²) in [5.74, 6) is 0. The van der Waals surface area contributed by atoms with Gasteiger partial charge in [-0.25, -0.2) is 13.5 Å². The van der Waals surface area contributed by atoms with Gasteiger partial charge in [-0.2, -0.15) is 13.9 Å². The molecule has 1 rings (SSSR count). The van der Waals surface area contributed by atoms with Crippen LogP contribution in [0.5, 0.6) is 0 Å². The zero-order chi connectivity index (χ0) is 8.43. The summed E-state index contributed by atoms with van der Waals surface area (Å²) in [7, 11) is 0. The molecule has 0 atom stereocenters. The molecule has 1 aromatic heterocycles. The molecule has 0 aliphatic heterocycles. The molecular weight excluding hydrogens is 164 g/mol. The number of aromatic nitrogens is 2. The number of halogens is 4. The van der Waals surface area contributed by atoms with E-state index in [1.165, 1.54) is 0 Å². The van der Waals surface area contributed by atoms with Crippen molar-refractivity contribution in [3.63, 3.8) is 0 Å². The lowest BCUT2D eigenvalue weighted by Crippen LogP contribution is -2.05. The van der Waals surface area contributed by atoms with E-state index >= 15 is 0 Å². The predicted octanol–water partition coefficient (Wildman–Crippen LogP) is 2.22. The highest BCUT2D eigenvalue weighted by atomic mass is 19.3. The van der Waals surface area contributed by atoms with Crippen LogP contribution in [0.4, 0.5) is 17.6 Å². The van der Waals surface area contributed by atoms with Crippen LogP contribution in [0.15, 0.2) is 12.3 Å². The van der Waals surface area contributed by atoms with Crippen molar-refractivity contribution < 1.29 is 17.6 Å². The summed E-state index contributed by atoms with van der Waals surface area (Å²) in [5.41, 5.74) is -0.764. The van der Waals surface area contributed by atoms with E-state index in [-0.39, 0.29) is 4.68 Å². The van der Waals surface area contributed by atoms with Crippen molar-refractivity contribution in [1.29, 1.82) is 0 Å². The van der Waals surface area contributed by atoms with Gasteiger partial charge >= 0.3 is 6.55 Å². The first-order valence-electron chi connectivity index (χ1n) is 2.72. The molecule has 0 N–H and O–H groups in total. The number of alkyl halides is 4. The van der Waals surface area contributed by atoms with Crippen LogP contribution in [0.3, 0.4) is 0 Å². The van der Waals surface area contributed by atoms with Gasteiger partial charge in [-0.15, -0.1) is 0 Å². The molecule has 0 saturated carbocycles. The molecule has 0 aliphatic carbocycles. The number of hydrogen-bond acceptors (Lipinski definition) is 1.